The van der Waals surface area contributed by atoms with Crippen molar-refractivity contribution in [2.75, 3.05) is 0 Å². The van der Waals surface area contributed by atoms with Crippen molar-refractivity contribution in [1.82, 2.24) is 10.6 Å². The molecule has 1 aromatic carbocycles. The van der Waals surface area contributed by atoms with E-state index in [1.807, 2.05) is 30.3 Å². The summed E-state index contributed by atoms with van der Waals surface area (Å²) in [4.78, 5) is 23.5. The Bertz CT molecular complexity index is 594. The summed E-state index contributed by atoms with van der Waals surface area (Å²) in [5, 5.41) is 15.3. The Morgan fingerprint density at radius 2 is 1.88 bits per heavy atom. The maximum atomic E-state index is 12.6. The van der Waals surface area contributed by atoms with Gasteiger partial charge in [0.2, 0.25) is 0 Å². The molecule has 3 rings (SSSR count). The van der Waals surface area contributed by atoms with E-state index in [-0.39, 0.29) is 24.0 Å². The quantitative estimate of drug-likeness (QED) is 0.675. The molecule has 136 valence electrons. The summed E-state index contributed by atoms with van der Waals surface area (Å²) in [7, 11) is 0. The van der Waals surface area contributed by atoms with E-state index < -0.39 is 5.97 Å². The third-order valence-electron chi connectivity index (χ3n) is 5.86. The minimum Gasteiger partial charge on any atom is -0.481 e. The Balaban J connectivity index is 1.58. The van der Waals surface area contributed by atoms with Gasteiger partial charge in [-0.05, 0) is 56.4 Å². The number of hydrogen-bond acceptors (Lipinski definition) is 2. The number of rotatable bonds is 8. The molecule has 0 bridgehead atoms. The Labute approximate surface area is 149 Å². The van der Waals surface area contributed by atoms with E-state index in [4.69, 9.17) is 5.11 Å². The summed E-state index contributed by atoms with van der Waals surface area (Å²) < 4.78 is 0. The van der Waals surface area contributed by atoms with Crippen LogP contribution < -0.4 is 10.6 Å². The molecule has 2 saturated carbocycles. The minimum atomic E-state index is -0.829. The molecule has 2 aliphatic rings. The number of carbonyl (C=O) groups excluding carboxylic acids is 1. The van der Waals surface area contributed by atoms with Gasteiger partial charge in [-0.25, -0.2) is 4.79 Å². The molecule has 25 heavy (non-hydrogen) atoms. The van der Waals surface area contributed by atoms with Crippen molar-refractivity contribution in [3.63, 3.8) is 0 Å². The SMILES string of the molecule is O=C(O)CCC(Cc1ccccc1)NC(=O)NC1(C2CCC2)CCC1. The van der Waals surface area contributed by atoms with E-state index >= 15 is 0 Å². The molecule has 0 aliphatic heterocycles. The minimum absolute atomic E-state index is 0.00751. The summed E-state index contributed by atoms with van der Waals surface area (Å²) in [5.74, 6) is -0.205. The number of carboxylic acids is 1. The fraction of sp³-hybridized carbons (Fsp3) is 0.600. The molecule has 0 radical (unpaired) electrons. The van der Waals surface area contributed by atoms with Crippen LogP contribution in [0.1, 0.15) is 56.9 Å². The molecule has 2 amide bonds. The number of urea groups is 1. The zero-order valence-corrected chi connectivity index (χ0v) is 14.7. The molecular formula is C20H28N2O3. The average molecular weight is 344 g/mol. The average Bonchev–Trinajstić information content (AvgIpc) is 2.49. The van der Waals surface area contributed by atoms with Gasteiger partial charge >= 0.3 is 12.0 Å². The van der Waals surface area contributed by atoms with Crippen LogP contribution in [0.4, 0.5) is 4.79 Å². The van der Waals surface area contributed by atoms with Crippen molar-refractivity contribution in [3.8, 4) is 0 Å². The van der Waals surface area contributed by atoms with Crippen molar-refractivity contribution in [1.29, 1.82) is 0 Å². The van der Waals surface area contributed by atoms with Gasteiger partial charge in [0.15, 0.2) is 0 Å². The van der Waals surface area contributed by atoms with Crippen molar-refractivity contribution in [2.24, 2.45) is 5.92 Å². The number of aliphatic carboxylic acids is 1. The Hall–Kier alpha value is -2.04. The lowest BCUT2D eigenvalue weighted by Gasteiger charge is -2.52. The summed E-state index contributed by atoms with van der Waals surface area (Å²) in [6, 6.07) is 9.58. The lowest BCUT2D eigenvalue weighted by molar-refractivity contribution is -0.137. The van der Waals surface area contributed by atoms with E-state index in [1.165, 1.54) is 25.7 Å². The zero-order chi connectivity index (χ0) is 17.7. The fourth-order valence-corrected chi connectivity index (χ4v) is 4.02. The number of hydrogen-bond donors (Lipinski definition) is 3. The molecule has 2 aliphatic carbocycles. The van der Waals surface area contributed by atoms with Crippen molar-refractivity contribution in [3.05, 3.63) is 35.9 Å². The van der Waals surface area contributed by atoms with E-state index in [1.54, 1.807) is 0 Å². The molecule has 0 aromatic heterocycles. The topological polar surface area (TPSA) is 78.4 Å². The highest BCUT2D eigenvalue weighted by atomic mass is 16.4. The van der Waals surface area contributed by atoms with E-state index in [9.17, 15) is 9.59 Å². The Morgan fingerprint density at radius 1 is 1.16 bits per heavy atom. The molecule has 1 unspecified atom stereocenters. The molecule has 1 aromatic rings. The lowest BCUT2D eigenvalue weighted by atomic mass is 9.61. The zero-order valence-electron chi connectivity index (χ0n) is 14.7. The summed E-state index contributed by atoms with van der Waals surface area (Å²) >= 11 is 0. The van der Waals surface area contributed by atoms with Gasteiger partial charge in [0.1, 0.15) is 0 Å². The normalized spacial score (nSPS) is 20.0. The molecule has 0 saturated heterocycles. The number of nitrogens with one attached hydrogen (secondary N) is 2. The van der Waals surface area contributed by atoms with Gasteiger partial charge in [-0.1, -0.05) is 36.8 Å². The van der Waals surface area contributed by atoms with Crippen LogP contribution in [0.15, 0.2) is 30.3 Å². The fourth-order valence-electron chi connectivity index (χ4n) is 4.02. The first-order chi connectivity index (χ1) is 12.1. The monoisotopic (exact) mass is 344 g/mol. The van der Waals surface area contributed by atoms with Crippen molar-refractivity contribution < 1.29 is 14.7 Å². The van der Waals surface area contributed by atoms with Crippen LogP contribution in [0.25, 0.3) is 0 Å². The smallest absolute Gasteiger partial charge is 0.315 e. The Morgan fingerprint density at radius 3 is 2.40 bits per heavy atom. The molecule has 0 spiro atoms. The number of amides is 2. The first-order valence-corrected chi connectivity index (χ1v) is 9.42. The summed E-state index contributed by atoms with van der Waals surface area (Å²) in [6.07, 6.45) is 8.18. The molecule has 2 fully saturated rings. The van der Waals surface area contributed by atoms with Crippen LogP contribution in [0.2, 0.25) is 0 Å². The highest BCUT2D eigenvalue weighted by Gasteiger charge is 2.47. The van der Waals surface area contributed by atoms with Crippen molar-refractivity contribution >= 4 is 12.0 Å². The predicted molar refractivity (Wildman–Crippen MR) is 96.4 cm³/mol. The first kappa shape index (κ1) is 17.8. The van der Waals surface area contributed by atoms with Crippen LogP contribution in [0, 0.1) is 5.92 Å². The van der Waals surface area contributed by atoms with Gasteiger partial charge in [-0.3, -0.25) is 4.79 Å². The molecule has 3 N–H and O–H groups in total. The standard InChI is InChI=1S/C20H28N2O3/c23-18(24)11-10-17(14-15-6-2-1-3-7-15)21-19(25)22-20(12-5-13-20)16-8-4-9-16/h1-3,6-7,16-17H,4-5,8-14H2,(H,23,24)(H2,21,22,25). The maximum absolute atomic E-state index is 12.6. The summed E-state index contributed by atoms with van der Waals surface area (Å²) in [5.41, 5.74) is 1.10. The lowest BCUT2D eigenvalue weighted by Crippen LogP contribution is -2.62. The highest BCUT2D eigenvalue weighted by Crippen LogP contribution is 2.47. The molecule has 5 nitrogen and oxygen atoms in total. The van der Waals surface area contributed by atoms with Crippen LogP contribution in [-0.2, 0) is 11.2 Å². The van der Waals surface area contributed by atoms with Crippen LogP contribution in [0.5, 0.6) is 0 Å². The van der Waals surface area contributed by atoms with Gasteiger partial charge in [0, 0.05) is 18.0 Å². The van der Waals surface area contributed by atoms with E-state index in [0.717, 1.165) is 18.4 Å². The van der Waals surface area contributed by atoms with Gasteiger partial charge in [-0.15, -0.1) is 0 Å². The highest BCUT2D eigenvalue weighted by molar-refractivity contribution is 5.75. The Kier molecular flexibility index (Phi) is 5.61. The van der Waals surface area contributed by atoms with Crippen LogP contribution in [-0.4, -0.2) is 28.7 Å². The summed E-state index contributed by atoms with van der Waals surface area (Å²) in [6.45, 7) is 0. The second-order valence-electron chi connectivity index (χ2n) is 7.56. The third kappa shape index (κ3) is 4.53. The molecular weight excluding hydrogens is 316 g/mol. The van der Waals surface area contributed by atoms with Gasteiger partial charge in [-0.2, -0.15) is 0 Å². The van der Waals surface area contributed by atoms with Crippen LogP contribution >= 0.6 is 0 Å². The maximum Gasteiger partial charge on any atom is 0.315 e. The number of benzene rings is 1. The molecule has 0 heterocycles. The first-order valence-electron chi connectivity index (χ1n) is 9.42. The number of carbonyl (C=O) groups is 2. The van der Waals surface area contributed by atoms with E-state index in [2.05, 4.69) is 10.6 Å². The molecule has 1 atom stereocenters. The van der Waals surface area contributed by atoms with Crippen molar-refractivity contribution in [2.45, 2.75) is 69.4 Å². The predicted octanol–water partition coefficient (Wildman–Crippen LogP) is 3.48. The van der Waals surface area contributed by atoms with Gasteiger partial charge in [0.05, 0.1) is 0 Å². The van der Waals surface area contributed by atoms with E-state index in [0.29, 0.717) is 18.8 Å². The van der Waals surface area contributed by atoms with Crippen LogP contribution in [0.3, 0.4) is 0 Å². The largest absolute Gasteiger partial charge is 0.481 e. The number of carboxylic acid groups (broad SMARTS) is 1. The van der Waals surface area contributed by atoms with Gasteiger partial charge < -0.3 is 15.7 Å². The second kappa shape index (κ2) is 7.89. The second-order valence-corrected chi connectivity index (χ2v) is 7.56. The third-order valence-corrected chi connectivity index (χ3v) is 5.86. The molecule has 5 heteroatoms. The van der Waals surface area contributed by atoms with Gasteiger partial charge in [0.25, 0.3) is 0 Å².